The third-order valence-electron chi connectivity index (χ3n) is 2.22. The molecule has 0 amide bonds. The molecule has 0 aliphatic rings. The normalized spacial score (nSPS) is 12.8. The van der Waals surface area contributed by atoms with Gasteiger partial charge in [0.1, 0.15) is 0 Å². The summed E-state index contributed by atoms with van der Waals surface area (Å²) in [6.45, 7) is 5.41. The Hall–Kier alpha value is -0.890. The molecule has 0 radical (unpaired) electrons. The van der Waals surface area contributed by atoms with Gasteiger partial charge in [-0.1, -0.05) is 13.8 Å². The van der Waals surface area contributed by atoms with Gasteiger partial charge in [-0.3, -0.25) is 4.98 Å². The third kappa shape index (κ3) is 3.55. The van der Waals surface area contributed by atoms with Gasteiger partial charge in [0, 0.05) is 18.4 Å². The fourth-order valence-corrected chi connectivity index (χ4v) is 1.45. The standard InChI is InChI=1S/C11H18N2/c1-3-11(13-4-2)9-10-5-7-12-8-6-10/h5-8,11,13H,3-4,9H2,1-2H3. The molecule has 1 N–H and O–H groups in total. The molecule has 0 aliphatic carbocycles. The molecule has 2 heteroatoms. The van der Waals surface area contributed by atoms with Crippen LogP contribution in [0, 0.1) is 0 Å². The van der Waals surface area contributed by atoms with Crippen molar-refractivity contribution in [3.05, 3.63) is 30.1 Å². The molecular weight excluding hydrogens is 160 g/mol. The monoisotopic (exact) mass is 178 g/mol. The van der Waals surface area contributed by atoms with E-state index in [9.17, 15) is 0 Å². The Bertz CT molecular complexity index is 221. The van der Waals surface area contributed by atoms with Crippen LogP contribution in [0.15, 0.2) is 24.5 Å². The Morgan fingerprint density at radius 2 is 2.00 bits per heavy atom. The molecule has 1 rings (SSSR count). The fourth-order valence-electron chi connectivity index (χ4n) is 1.45. The van der Waals surface area contributed by atoms with Crippen LogP contribution in [0.25, 0.3) is 0 Å². The highest BCUT2D eigenvalue weighted by molar-refractivity contribution is 5.11. The molecule has 0 spiro atoms. The van der Waals surface area contributed by atoms with Gasteiger partial charge in [-0.15, -0.1) is 0 Å². The first-order valence-corrected chi connectivity index (χ1v) is 4.99. The minimum atomic E-state index is 0.604. The van der Waals surface area contributed by atoms with E-state index in [-0.39, 0.29) is 0 Å². The summed E-state index contributed by atoms with van der Waals surface area (Å²) in [5.41, 5.74) is 1.36. The number of hydrogen-bond acceptors (Lipinski definition) is 2. The summed E-state index contributed by atoms with van der Waals surface area (Å²) in [4.78, 5) is 4.00. The first kappa shape index (κ1) is 10.2. The lowest BCUT2D eigenvalue weighted by Crippen LogP contribution is -2.30. The van der Waals surface area contributed by atoms with Crippen molar-refractivity contribution in [1.82, 2.24) is 10.3 Å². The van der Waals surface area contributed by atoms with Gasteiger partial charge in [-0.2, -0.15) is 0 Å². The van der Waals surface area contributed by atoms with Gasteiger partial charge in [-0.25, -0.2) is 0 Å². The van der Waals surface area contributed by atoms with E-state index in [4.69, 9.17) is 0 Å². The van der Waals surface area contributed by atoms with E-state index >= 15 is 0 Å². The molecular formula is C11H18N2. The van der Waals surface area contributed by atoms with E-state index in [0.29, 0.717) is 6.04 Å². The fraction of sp³-hybridized carbons (Fsp3) is 0.545. The van der Waals surface area contributed by atoms with Crippen molar-refractivity contribution in [3.63, 3.8) is 0 Å². The van der Waals surface area contributed by atoms with Gasteiger partial charge in [0.15, 0.2) is 0 Å². The van der Waals surface area contributed by atoms with Crippen LogP contribution in [-0.2, 0) is 6.42 Å². The highest BCUT2D eigenvalue weighted by Crippen LogP contribution is 2.03. The highest BCUT2D eigenvalue weighted by atomic mass is 14.9. The molecule has 1 aromatic heterocycles. The maximum Gasteiger partial charge on any atom is 0.0270 e. The van der Waals surface area contributed by atoms with Gasteiger partial charge in [-0.05, 0) is 37.1 Å². The summed E-state index contributed by atoms with van der Waals surface area (Å²) in [6.07, 6.45) is 5.99. The highest BCUT2D eigenvalue weighted by Gasteiger charge is 2.04. The summed E-state index contributed by atoms with van der Waals surface area (Å²) < 4.78 is 0. The maximum absolute atomic E-state index is 4.00. The van der Waals surface area contributed by atoms with Crippen LogP contribution >= 0.6 is 0 Å². The average molecular weight is 178 g/mol. The Morgan fingerprint density at radius 1 is 1.31 bits per heavy atom. The van der Waals surface area contributed by atoms with Gasteiger partial charge >= 0.3 is 0 Å². The number of nitrogens with zero attached hydrogens (tertiary/aromatic N) is 1. The van der Waals surface area contributed by atoms with Crippen molar-refractivity contribution in [3.8, 4) is 0 Å². The van der Waals surface area contributed by atoms with Crippen LogP contribution in [-0.4, -0.2) is 17.6 Å². The van der Waals surface area contributed by atoms with Crippen molar-refractivity contribution in [1.29, 1.82) is 0 Å². The predicted octanol–water partition coefficient (Wildman–Crippen LogP) is 2.01. The summed E-state index contributed by atoms with van der Waals surface area (Å²) in [5, 5.41) is 3.46. The van der Waals surface area contributed by atoms with Crippen LogP contribution in [0.3, 0.4) is 0 Å². The van der Waals surface area contributed by atoms with E-state index in [1.807, 2.05) is 12.4 Å². The number of pyridine rings is 1. The van der Waals surface area contributed by atoms with E-state index < -0.39 is 0 Å². The molecule has 0 bridgehead atoms. The molecule has 0 aliphatic heterocycles. The Labute approximate surface area is 80.4 Å². The molecule has 72 valence electrons. The van der Waals surface area contributed by atoms with Gasteiger partial charge in [0.25, 0.3) is 0 Å². The lowest BCUT2D eigenvalue weighted by atomic mass is 10.1. The molecule has 1 aromatic rings. The smallest absolute Gasteiger partial charge is 0.0270 e. The second-order valence-electron chi connectivity index (χ2n) is 3.22. The van der Waals surface area contributed by atoms with Gasteiger partial charge in [0.05, 0.1) is 0 Å². The zero-order chi connectivity index (χ0) is 9.52. The second kappa shape index (κ2) is 5.70. The largest absolute Gasteiger partial charge is 0.314 e. The Balaban J connectivity index is 2.46. The molecule has 1 unspecified atom stereocenters. The van der Waals surface area contributed by atoms with Crippen LogP contribution in [0.1, 0.15) is 25.8 Å². The molecule has 1 atom stereocenters. The van der Waals surface area contributed by atoms with Crippen LogP contribution in [0.2, 0.25) is 0 Å². The Morgan fingerprint density at radius 3 is 2.54 bits per heavy atom. The molecule has 0 saturated heterocycles. The minimum absolute atomic E-state index is 0.604. The van der Waals surface area contributed by atoms with Gasteiger partial charge in [0.2, 0.25) is 0 Å². The first-order valence-electron chi connectivity index (χ1n) is 4.99. The van der Waals surface area contributed by atoms with E-state index in [0.717, 1.165) is 13.0 Å². The van der Waals surface area contributed by atoms with Crippen molar-refractivity contribution < 1.29 is 0 Å². The lowest BCUT2D eigenvalue weighted by Gasteiger charge is -2.15. The first-order chi connectivity index (χ1) is 6.36. The van der Waals surface area contributed by atoms with Gasteiger partial charge < -0.3 is 5.32 Å². The van der Waals surface area contributed by atoms with E-state index in [2.05, 4.69) is 36.3 Å². The predicted molar refractivity (Wildman–Crippen MR) is 55.7 cm³/mol. The number of hydrogen-bond donors (Lipinski definition) is 1. The zero-order valence-electron chi connectivity index (χ0n) is 8.46. The molecule has 0 fully saturated rings. The number of nitrogens with one attached hydrogen (secondary N) is 1. The van der Waals surface area contributed by atoms with Crippen molar-refractivity contribution >= 4 is 0 Å². The van der Waals surface area contributed by atoms with E-state index in [1.54, 1.807) is 0 Å². The van der Waals surface area contributed by atoms with Crippen molar-refractivity contribution in [2.45, 2.75) is 32.7 Å². The van der Waals surface area contributed by atoms with E-state index in [1.165, 1.54) is 12.0 Å². The zero-order valence-corrected chi connectivity index (χ0v) is 8.46. The Kier molecular flexibility index (Phi) is 4.47. The number of rotatable bonds is 5. The maximum atomic E-state index is 4.00. The molecule has 1 heterocycles. The number of aromatic nitrogens is 1. The molecule has 0 aromatic carbocycles. The summed E-state index contributed by atoms with van der Waals surface area (Å²) >= 11 is 0. The number of likely N-dealkylation sites (N-methyl/N-ethyl adjacent to an activating group) is 1. The molecule has 0 saturated carbocycles. The SMILES string of the molecule is CCNC(CC)Cc1ccncc1. The third-order valence-corrected chi connectivity index (χ3v) is 2.22. The van der Waals surface area contributed by atoms with Crippen LogP contribution in [0.5, 0.6) is 0 Å². The average Bonchev–Trinajstić information content (AvgIpc) is 2.19. The topological polar surface area (TPSA) is 24.9 Å². The minimum Gasteiger partial charge on any atom is -0.314 e. The summed E-state index contributed by atoms with van der Waals surface area (Å²) in [6, 6.07) is 4.77. The van der Waals surface area contributed by atoms with Crippen LogP contribution in [0.4, 0.5) is 0 Å². The summed E-state index contributed by atoms with van der Waals surface area (Å²) in [7, 11) is 0. The molecule has 2 nitrogen and oxygen atoms in total. The summed E-state index contributed by atoms with van der Waals surface area (Å²) in [5.74, 6) is 0. The van der Waals surface area contributed by atoms with Crippen molar-refractivity contribution in [2.75, 3.05) is 6.54 Å². The quantitative estimate of drug-likeness (QED) is 0.746. The van der Waals surface area contributed by atoms with Crippen molar-refractivity contribution in [2.24, 2.45) is 0 Å². The lowest BCUT2D eigenvalue weighted by molar-refractivity contribution is 0.510. The van der Waals surface area contributed by atoms with Crippen LogP contribution < -0.4 is 5.32 Å². The molecule has 13 heavy (non-hydrogen) atoms. The second-order valence-corrected chi connectivity index (χ2v) is 3.22.